The predicted molar refractivity (Wildman–Crippen MR) is 57.8 cm³/mol. The van der Waals surface area contributed by atoms with E-state index in [1.165, 1.54) is 0 Å². The fraction of sp³-hybridized carbons (Fsp3) is 0.909. The minimum Gasteiger partial charge on any atom is -0.481 e. The summed E-state index contributed by atoms with van der Waals surface area (Å²) in [6.45, 7) is 7.61. The second-order valence-corrected chi connectivity index (χ2v) is 4.56. The van der Waals surface area contributed by atoms with E-state index in [0.29, 0.717) is 6.54 Å². The summed E-state index contributed by atoms with van der Waals surface area (Å²) in [6, 6.07) is 0.279. The van der Waals surface area contributed by atoms with Crippen molar-refractivity contribution in [3.63, 3.8) is 0 Å². The highest BCUT2D eigenvalue weighted by molar-refractivity contribution is 5.71. The average Bonchev–Trinajstić information content (AvgIpc) is 2.58. The van der Waals surface area contributed by atoms with Gasteiger partial charge >= 0.3 is 5.97 Å². The first-order chi connectivity index (χ1) is 6.97. The summed E-state index contributed by atoms with van der Waals surface area (Å²) in [5.74, 6) is -0.673. The van der Waals surface area contributed by atoms with E-state index in [4.69, 9.17) is 9.84 Å². The van der Waals surface area contributed by atoms with Gasteiger partial charge in [0, 0.05) is 26.2 Å². The van der Waals surface area contributed by atoms with Gasteiger partial charge in [0.2, 0.25) is 0 Å². The number of carboxylic acid groups (broad SMARTS) is 1. The topological polar surface area (TPSA) is 49.8 Å². The van der Waals surface area contributed by atoms with Crippen LogP contribution in [0.25, 0.3) is 0 Å². The molecule has 4 nitrogen and oxygen atoms in total. The number of aliphatic carboxylic acids is 1. The molecule has 0 amide bonds. The third-order valence-electron chi connectivity index (χ3n) is 3.58. The van der Waals surface area contributed by atoms with Gasteiger partial charge in [-0.1, -0.05) is 6.92 Å². The highest BCUT2D eigenvalue weighted by atomic mass is 16.5. The van der Waals surface area contributed by atoms with Gasteiger partial charge in [-0.3, -0.25) is 9.69 Å². The zero-order chi connectivity index (χ0) is 11.6. The van der Waals surface area contributed by atoms with Crippen LogP contribution in [0.4, 0.5) is 0 Å². The van der Waals surface area contributed by atoms with Gasteiger partial charge in [0.1, 0.15) is 0 Å². The summed E-state index contributed by atoms with van der Waals surface area (Å²) in [6.07, 6.45) is 0.143. The van der Waals surface area contributed by atoms with Crippen molar-refractivity contribution in [1.29, 1.82) is 0 Å². The maximum atomic E-state index is 11.0. The molecule has 0 aromatic carbocycles. The number of carboxylic acids is 1. The molecule has 0 aliphatic carbocycles. The van der Waals surface area contributed by atoms with Crippen molar-refractivity contribution in [3.05, 3.63) is 0 Å². The summed E-state index contributed by atoms with van der Waals surface area (Å²) >= 11 is 0. The third kappa shape index (κ3) is 2.69. The number of nitrogens with zero attached hydrogens (tertiary/aromatic N) is 1. The molecule has 1 fully saturated rings. The number of methoxy groups -OCH3 is 1. The van der Waals surface area contributed by atoms with E-state index in [0.717, 1.165) is 6.54 Å². The Kier molecular flexibility index (Phi) is 4.11. The van der Waals surface area contributed by atoms with Crippen molar-refractivity contribution in [1.82, 2.24) is 4.90 Å². The Morgan fingerprint density at radius 2 is 2.07 bits per heavy atom. The average molecular weight is 215 g/mol. The van der Waals surface area contributed by atoms with Gasteiger partial charge in [-0.05, 0) is 19.8 Å². The Bertz CT molecular complexity index is 232. The first kappa shape index (κ1) is 12.5. The molecule has 1 aliphatic rings. The highest BCUT2D eigenvalue weighted by Gasteiger charge is 2.37. The quantitative estimate of drug-likeness (QED) is 0.762. The van der Waals surface area contributed by atoms with Gasteiger partial charge in [-0.25, -0.2) is 0 Å². The third-order valence-corrected chi connectivity index (χ3v) is 3.58. The smallest absolute Gasteiger partial charge is 0.308 e. The Morgan fingerprint density at radius 1 is 1.47 bits per heavy atom. The summed E-state index contributed by atoms with van der Waals surface area (Å²) < 4.78 is 5.27. The molecule has 4 heteroatoms. The fourth-order valence-electron chi connectivity index (χ4n) is 2.15. The van der Waals surface area contributed by atoms with Crippen LogP contribution in [-0.4, -0.2) is 48.3 Å². The van der Waals surface area contributed by atoms with Gasteiger partial charge in [0.15, 0.2) is 0 Å². The van der Waals surface area contributed by atoms with Crippen molar-refractivity contribution in [2.75, 3.05) is 20.2 Å². The normalized spacial score (nSPS) is 31.5. The molecule has 15 heavy (non-hydrogen) atoms. The molecule has 0 radical (unpaired) electrons. The molecule has 88 valence electrons. The van der Waals surface area contributed by atoms with Crippen LogP contribution in [-0.2, 0) is 9.53 Å². The fourth-order valence-corrected chi connectivity index (χ4v) is 2.15. The predicted octanol–water partition coefficient (Wildman–Crippen LogP) is 1.06. The molecule has 0 aromatic heterocycles. The molecule has 1 heterocycles. The molecule has 0 spiro atoms. The number of hydrogen-bond donors (Lipinski definition) is 1. The molecule has 2 unspecified atom stereocenters. The SMILES string of the molecule is COC(C)C(C)N1C[C@@H](C)[C@H](C(=O)O)C1. The summed E-state index contributed by atoms with van der Waals surface area (Å²) in [5.41, 5.74) is 0. The Hall–Kier alpha value is -0.610. The molecule has 0 aromatic rings. The Morgan fingerprint density at radius 3 is 2.47 bits per heavy atom. The van der Waals surface area contributed by atoms with E-state index in [1.807, 2.05) is 13.8 Å². The maximum absolute atomic E-state index is 11.0. The largest absolute Gasteiger partial charge is 0.481 e. The van der Waals surface area contributed by atoms with Gasteiger partial charge in [-0.15, -0.1) is 0 Å². The number of ether oxygens (including phenoxy) is 1. The number of hydrogen-bond acceptors (Lipinski definition) is 3. The van der Waals surface area contributed by atoms with Crippen LogP contribution >= 0.6 is 0 Å². The molecule has 1 N–H and O–H groups in total. The molecule has 0 saturated carbocycles. The number of rotatable bonds is 4. The Balaban J connectivity index is 2.57. The molecule has 4 atom stereocenters. The van der Waals surface area contributed by atoms with Gasteiger partial charge in [0.25, 0.3) is 0 Å². The van der Waals surface area contributed by atoms with Crippen LogP contribution in [0.3, 0.4) is 0 Å². The first-order valence-electron chi connectivity index (χ1n) is 5.47. The second kappa shape index (κ2) is 4.94. The van der Waals surface area contributed by atoms with Crippen molar-refractivity contribution in [2.45, 2.75) is 32.9 Å². The van der Waals surface area contributed by atoms with Crippen LogP contribution in [0, 0.1) is 11.8 Å². The van der Waals surface area contributed by atoms with Crippen molar-refractivity contribution >= 4 is 5.97 Å². The van der Waals surface area contributed by atoms with E-state index in [9.17, 15) is 4.79 Å². The minimum absolute atomic E-state index is 0.143. The monoisotopic (exact) mass is 215 g/mol. The Labute approximate surface area is 91.2 Å². The van der Waals surface area contributed by atoms with Crippen LogP contribution in [0.1, 0.15) is 20.8 Å². The molecular weight excluding hydrogens is 194 g/mol. The standard InChI is InChI=1S/C11H21NO3/c1-7-5-12(6-10(7)11(13)14)8(2)9(3)15-4/h7-10H,5-6H2,1-4H3,(H,13,14)/t7-,8?,9?,10-/m1/s1. The van der Waals surface area contributed by atoms with E-state index in [2.05, 4.69) is 11.8 Å². The lowest BCUT2D eigenvalue weighted by molar-refractivity contribution is -0.142. The summed E-state index contributed by atoms with van der Waals surface area (Å²) in [7, 11) is 1.69. The second-order valence-electron chi connectivity index (χ2n) is 4.56. The first-order valence-corrected chi connectivity index (χ1v) is 5.47. The lowest BCUT2D eigenvalue weighted by Gasteiger charge is -2.28. The number of likely N-dealkylation sites (tertiary alicyclic amines) is 1. The molecule has 0 bridgehead atoms. The summed E-state index contributed by atoms with van der Waals surface area (Å²) in [5, 5.41) is 9.02. The molecule has 1 rings (SSSR count). The minimum atomic E-state index is -0.678. The maximum Gasteiger partial charge on any atom is 0.308 e. The van der Waals surface area contributed by atoms with Gasteiger partial charge < -0.3 is 9.84 Å². The van der Waals surface area contributed by atoms with Crippen molar-refractivity contribution < 1.29 is 14.6 Å². The lowest BCUT2D eigenvalue weighted by Crippen LogP contribution is -2.40. The number of carbonyl (C=O) groups is 1. The van der Waals surface area contributed by atoms with E-state index >= 15 is 0 Å². The highest BCUT2D eigenvalue weighted by Crippen LogP contribution is 2.26. The van der Waals surface area contributed by atoms with Crippen LogP contribution in [0.15, 0.2) is 0 Å². The van der Waals surface area contributed by atoms with Crippen LogP contribution < -0.4 is 0 Å². The van der Waals surface area contributed by atoms with Crippen molar-refractivity contribution in [2.24, 2.45) is 11.8 Å². The van der Waals surface area contributed by atoms with Crippen molar-refractivity contribution in [3.8, 4) is 0 Å². The van der Waals surface area contributed by atoms with Crippen LogP contribution in [0.2, 0.25) is 0 Å². The van der Waals surface area contributed by atoms with Gasteiger partial charge in [-0.2, -0.15) is 0 Å². The zero-order valence-corrected chi connectivity index (χ0v) is 9.93. The van der Waals surface area contributed by atoms with Gasteiger partial charge in [0.05, 0.1) is 12.0 Å². The van der Waals surface area contributed by atoms with E-state index < -0.39 is 5.97 Å². The molecule has 1 aliphatic heterocycles. The molecule has 1 saturated heterocycles. The lowest BCUT2D eigenvalue weighted by atomic mass is 9.99. The summed E-state index contributed by atoms with van der Waals surface area (Å²) in [4.78, 5) is 13.2. The van der Waals surface area contributed by atoms with Crippen LogP contribution in [0.5, 0.6) is 0 Å². The van der Waals surface area contributed by atoms with E-state index in [1.54, 1.807) is 7.11 Å². The zero-order valence-electron chi connectivity index (χ0n) is 9.93. The molecular formula is C11H21NO3. The van der Waals surface area contributed by atoms with E-state index in [-0.39, 0.29) is 24.0 Å².